The van der Waals surface area contributed by atoms with Crippen LogP contribution in [0.4, 0.5) is 0 Å². The molecular formula is C19H21N3O4S. The first-order valence-electron chi connectivity index (χ1n) is 8.85. The molecule has 2 amide bonds. The fourth-order valence-electron chi connectivity index (χ4n) is 2.95. The van der Waals surface area contributed by atoms with E-state index in [1.807, 2.05) is 24.3 Å². The molecule has 2 aromatic rings. The van der Waals surface area contributed by atoms with Crippen molar-refractivity contribution in [2.24, 2.45) is 0 Å². The van der Waals surface area contributed by atoms with E-state index in [4.69, 9.17) is 5.11 Å². The Morgan fingerprint density at radius 3 is 2.89 bits per heavy atom. The summed E-state index contributed by atoms with van der Waals surface area (Å²) in [7, 11) is 0. The molecule has 1 fully saturated rings. The van der Waals surface area contributed by atoms with Crippen LogP contribution >= 0.6 is 11.3 Å². The van der Waals surface area contributed by atoms with Crippen LogP contribution in [0.1, 0.15) is 41.7 Å². The fourth-order valence-corrected chi connectivity index (χ4v) is 3.75. The van der Waals surface area contributed by atoms with Gasteiger partial charge in [0.25, 0.3) is 0 Å². The summed E-state index contributed by atoms with van der Waals surface area (Å²) in [6.07, 6.45) is 3.37. The summed E-state index contributed by atoms with van der Waals surface area (Å²) in [6, 6.07) is 7.46. The van der Waals surface area contributed by atoms with Crippen LogP contribution in [0.3, 0.4) is 0 Å². The Balaban J connectivity index is 1.58. The standard InChI is InChI=1S/C19H21N3O4S/c23-16(11-22-8-3-1-2-7-17(22)24)20-10-13-5-4-6-14(9-13)18-21-15(12-27-18)19(25)26/h4-6,9,12H,1-3,7-8,10-11H2,(H,20,23)(H,25,26). The lowest BCUT2D eigenvalue weighted by molar-refractivity contribution is -0.135. The van der Waals surface area contributed by atoms with E-state index in [0.717, 1.165) is 30.4 Å². The molecule has 1 aliphatic rings. The Labute approximate surface area is 161 Å². The third-order valence-electron chi connectivity index (χ3n) is 4.39. The highest BCUT2D eigenvalue weighted by molar-refractivity contribution is 7.13. The number of rotatable bonds is 6. The molecule has 0 atom stereocenters. The highest BCUT2D eigenvalue weighted by atomic mass is 32.1. The maximum atomic E-state index is 12.2. The number of carboxylic acids is 1. The van der Waals surface area contributed by atoms with E-state index in [1.54, 1.807) is 4.90 Å². The number of hydrogen-bond donors (Lipinski definition) is 2. The SMILES string of the molecule is O=C(CN1CCCCCC1=O)NCc1cccc(-c2nc(C(=O)O)cs2)c1. The molecule has 0 unspecified atom stereocenters. The summed E-state index contributed by atoms with van der Waals surface area (Å²) in [6.45, 7) is 1.07. The number of likely N-dealkylation sites (tertiary alicyclic amines) is 1. The molecule has 1 aliphatic heterocycles. The van der Waals surface area contributed by atoms with Crippen LogP contribution < -0.4 is 5.32 Å². The van der Waals surface area contributed by atoms with Gasteiger partial charge in [0, 0.05) is 30.5 Å². The van der Waals surface area contributed by atoms with Gasteiger partial charge in [0.15, 0.2) is 5.69 Å². The molecule has 0 aliphatic carbocycles. The molecular weight excluding hydrogens is 366 g/mol. The van der Waals surface area contributed by atoms with Gasteiger partial charge < -0.3 is 15.3 Å². The largest absolute Gasteiger partial charge is 0.476 e. The van der Waals surface area contributed by atoms with Crippen molar-refractivity contribution in [3.05, 3.63) is 40.9 Å². The van der Waals surface area contributed by atoms with Crippen LogP contribution in [0.15, 0.2) is 29.6 Å². The van der Waals surface area contributed by atoms with E-state index >= 15 is 0 Å². The number of nitrogens with zero attached hydrogens (tertiary/aromatic N) is 2. The minimum atomic E-state index is -1.05. The Bertz CT molecular complexity index is 849. The van der Waals surface area contributed by atoms with Crippen molar-refractivity contribution in [3.63, 3.8) is 0 Å². The van der Waals surface area contributed by atoms with Crippen molar-refractivity contribution in [1.29, 1.82) is 0 Å². The summed E-state index contributed by atoms with van der Waals surface area (Å²) in [4.78, 5) is 40.9. The zero-order chi connectivity index (χ0) is 19.2. The van der Waals surface area contributed by atoms with Crippen LogP contribution in [0, 0.1) is 0 Å². The zero-order valence-electron chi connectivity index (χ0n) is 14.8. The van der Waals surface area contributed by atoms with Gasteiger partial charge in [-0.25, -0.2) is 9.78 Å². The molecule has 1 aromatic carbocycles. The first-order valence-corrected chi connectivity index (χ1v) is 9.73. The van der Waals surface area contributed by atoms with E-state index in [0.29, 0.717) is 24.5 Å². The van der Waals surface area contributed by atoms with Crippen LogP contribution in [0.2, 0.25) is 0 Å². The van der Waals surface area contributed by atoms with Gasteiger partial charge in [-0.15, -0.1) is 11.3 Å². The molecule has 1 saturated heterocycles. The van der Waals surface area contributed by atoms with E-state index < -0.39 is 5.97 Å². The van der Waals surface area contributed by atoms with Crippen molar-refractivity contribution in [3.8, 4) is 10.6 Å². The molecule has 3 rings (SSSR count). The van der Waals surface area contributed by atoms with Gasteiger partial charge in [0.05, 0.1) is 6.54 Å². The maximum Gasteiger partial charge on any atom is 0.355 e. The summed E-state index contributed by atoms with van der Waals surface area (Å²) in [5.74, 6) is -1.19. The maximum absolute atomic E-state index is 12.2. The number of carbonyl (C=O) groups is 3. The predicted molar refractivity (Wildman–Crippen MR) is 101 cm³/mol. The number of benzene rings is 1. The van der Waals surface area contributed by atoms with E-state index in [-0.39, 0.29) is 24.1 Å². The van der Waals surface area contributed by atoms with Gasteiger partial charge in [-0.3, -0.25) is 9.59 Å². The van der Waals surface area contributed by atoms with Crippen LogP contribution in [0.25, 0.3) is 10.6 Å². The van der Waals surface area contributed by atoms with Gasteiger partial charge in [0.1, 0.15) is 5.01 Å². The fraction of sp³-hybridized carbons (Fsp3) is 0.368. The highest BCUT2D eigenvalue weighted by Crippen LogP contribution is 2.24. The Hall–Kier alpha value is -2.74. The third-order valence-corrected chi connectivity index (χ3v) is 5.28. The van der Waals surface area contributed by atoms with Gasteiger partial charge in [-0.1, -0.05) is 24.6 Å². The monoisotopic (exact) mass is 387 g/mol. The number of nitrogens with one attached hydrogen (secondary N) is 1. The van der Waals surface area contributed by atoms with Crippen molar-refractivity contribution < 1.29 is 19.5 Å². The minimum absolute atomic E-state index is 0.0239. The number of hydrogen-bond acceptors (Lipinski definition) is 5. The lowest BCUT2D eigenvalue weighted by Gasteiger charge is -2.19. The second kappa shape index (κ2) is 8.77. The minimum Gasteiger partial charge on any atom is -0.476 e. The number of amides is 2. The van der Waals surface area contributed by atoms with Crippen LogP contribution in [-0.2, 0) is 16.1 Å². The number of aromatic carboxylic acids is 1. The summed E-state index contributed by atoms with van der Waals surface area (Å²) in [5, 5.41) is 14.0. The second-order valence-corrected chi connectivity index (χ2v) is 7.30. The smallest absolute Gasteiger partial charge is 0.355 e. The average Bonchev–Trinajstić information content (AvgIpc) is 3.07. The number of carbonyl (C=O) groups excluding carboxylic acids is 2. The van der Waals surface area contributed by atoms with E-state index in [1.165, 1.54) is 16.7 Å². The molecule has 0 radical (unpaired) electrons. The number of carboxylic acid groups (broad SMARTS) is 1. The van der Waals surface area contributed by atoms with Crippen molar-refractivity contribution in [2.75, 3.05) is 13.1 Å². The van der Waals surface area contributed by atoms with Gasteiger partial charge in [-0.2, -0.15) is 0 Å². The van der Waals surface area contributed by atoms with Crippen LogP contribution in [0.5, 0.6) is 0 Å². The van der Waals surface area contributed by atoms with Crippen LogP contribution in [-0.4, -0.2) is 45.9 Å². The Kier molecular flexibility index (Phi) is 6.18. The highest BCUT2D eigenvalue weighted by Gasteiger charge is 2.19. The molecule has 8 heteroatoms. The van der Waals surface area contributed by atoms with E-state index in [2.05, 4.69) is 10.3 Å². The first kappa shape index (κ1) is 19.0. The lowest BCUT2D eigenvalue weighted by atomic mass is 10.1. The number of thiazole rings is 1. The molecule has 142 valence electrons. The van der Waals surface area contributed by atoms with Gasteiger partial charge in [0.2, 0.25) is 11.8 Å². The quantitative estimate of drug-likeness (QED) is 0.793. The molecule has 0 saturated carbocycles. The summed E-state index contributed by atoms with van der Waals surface area (Å²) in [5.41, 5.74) is 1.72. The molecule has 27 heavy (non-hydrogen) atoms. The molecule has 0 bridgehead atoms. The second-order valence-electron chi connectivity index (χ2n) is 6.45. The van der Waals surface area contributed by atoms with Crippen molar-refractivity contribution >= 4 is 29.1 Å². The Morgan fingerprint density at radius 1 is 1.26 bits per heavy atom. The molecule has 2 heterocycles. The molecule has 1 aromatic heterocycles. The zero-order valence-corrected chi connectivity index (χ0v) is 15.6. The topological polar surface area (TPSA) is 99.6 Å². The summed E-state index contributed by atoms with van der Waals surface area (Å²) < 4.78 is 0. The first-order chi connectivity index (χ1) is 13.0. The molecule has 0 spiro atoms. The number of aromatic nitrogens is 1. The van der Waals surface area contributed by atoms with Crippen molar-refractivity contribution in [2.45, 2.75) is 32.2 Å². The third kappa shape index (κ3) is 5.13. The Morgan fingerprint density at radius 2 is 2.11 bits per heavy atom. The summed E-state index contributed by atoms with van der Waals surface area (Å²) >= 11 is 1.27. The van der Waals surface area contributed by atoms with E-state index in [9.17, 15) is 14.4 Å². The molecule has 7 nitrogen and oxygen atoms in total. The van der Waals surface area contributed by atoms with Gasteiger partial charge in [-0.05, 0) is 24.5 Å². The van der Waals surface area contributed by atoms with Crippen molar-refractivity contribution in [1.82, 2.24) is 15.2 Å². The predicted octanol–water partition coefficient (Wildman–Crippen LogP) is 2.53. The lowest BCUT2D eigenvalue weighted by Crippen LogP contribution is -2.40. The normalized spacial score (nSPS) is 14.7. The molecule has 2 N–H and O–H groups in total. The van der Waals surface area contributed by atoms with Gasteiger partial charge >= 0.3 is 5.97 Å². The average molecular weight is 387 g/mol.